The lowest BCUT2D eigenvalue weighted by Crippen LogP contribution is -3.29. The molecule has 1 aromatic rings. The number of aliphatic imine (C=N–C) groups is 1. The van der Waals surface area contributed by atoms with Crippen LogP contribution < -0.4 is 10.2 Å². The van der Waals surface area contributed by atoms with Crippen molar-refractivity contribution >= 4 is 5.71 Å². The predicted octanol–water partition coefficient (Wildman–Crippen LogP) is -0.400. The van der Waals surface area contributed by atoms with Gasteiger partial charge in [0.25, 0.3) is 0 Å². The zero-order valence-electron chi connectivity index (χ0n) is 11.1. The summed E-state index contributed by atoms with van der Waals surface area (Å²) < 4.78 is 40.9. The molecular formula is C14H18F3N3+2. The Bertz CT molecular complexity index is 512. The van der Waals surface area contributed by atoms with Gasteiger partial charge in [0.05, 0.1) is 12.3 Å². The standard InChI is InChI=1S/C14H16F3N3/c15-14(16,17)13-10-12(11-4-2-1-3-5-11)18-6-8-20(13)9-7-19-13/h1-5,19H,6-10H2/p+2/t13-/m0/s1. The van der Waals surface area contributed by atoms with Gasteiger partial charge < -0.3 is 0 Å². The van der Waals surface area contributed by atoms with E-state index < -0.39 is 11.8 Å². The Balaban J connectivity index is 1.98. The number of nitrogens with zero attached hydrogens (tertiary/aromatic N) is 1. The summed E-state index contributed by atoms with van der Waals surface area (Å²) in [4.78, 5) is 5.02. The highest BCUT2D eigenvalue weighted by Gasteiger charge is 2.69. The second-order valence-corrected chi connectivity index (χ2v) is 5.44. The lowest BCUT2D eigenvalue weighted by atomic mass is 9.96. The summed E-state index contributed by atoms with van der Waals surface area (Å²) in [6, 6.07) is 9.21. The number of hydrogen-bond acceptors (Lipinski definition) is 1. The van der Waals surface area contributed by atoms with E-state index in [0.717, 1.165) is 5.56 Å². The molecule has 1 aromatic carbocycles. The topological polar surface area (TPSA) is 33.4 Å². The minimum atomic E-state index is -4.22. The first-order valence-corrected chi connectivity index (χ1v) is 6.88. The zero-order valence-corrected chi connectivity index (χ0v) is 11.1. The number of rotatable bonds is 1. The van der Waals surface area contributed by atoms with Gasteiger partial charge in [0.15, 0.2) is 0 Å². The van der Waals surface area contributed by atoms with Crippen LogP contribution in [0.3, 0.4) is 0 Å². The van der Waals surface area contributed by atoms with Crippen LogP contribution in [0.25, 0.3) is 0 Å². The maximum absolute atomic E-state index is 13.6. The highest BCUT2D eigenvalue weighted by atomic mass is 19.4. The predicted molar refractivity (Wildman–Crippen MR) is 68.7 cm³/mol. The van der Waals surface area contributed by atoms with Crippen LogP contribution in [0.15, 0.2) is 35.3 Å². The van der Waals surface area contributed by atoms with E-state index in [-0.39, 0.29) is 6.42 Å². The molecule has 3 rings (SSSR count). The average Bonchev–Trinajstić information content (AvgIpc) is 2.74. The lowest BCUT2D eigenvalue weighted by Gasteiger charge is -2.31. The normalized spacial score (nSPS) is 30.6. The van der Waals surface area contributed by atoms with E-state index in [2.05, 4.69) is 4.99 Å². The highest BCUT2D eigenvalue weighted by Crippen LogP contribution is 2.28. The number of hydrogen-bond donors (Lipinski definition) is 2. The van der Waals surface area contributed by atoms with Gasteiger partial charge in [-0.15, -0.1) is 0 Å². The molecule has 1 fully saturated rings. The van der Waals surface area contributed by atoms with Crippen LogP contribution in [-0.2, 0) is 0 Å². The van der Waals surface area contributed by atoms with E-state index in [9.17, 15) is 13.2 Å². The zero-order chi connectivity index (χ0) is 14.2. The summed E-state index contributed by atoms with van der Waals surface area (Å²) in [7, 11) is 0. The van der Waals surface area contributed by atoms with Crippen molar-refractivity contribution in [1.82, 2.24) is 0 Å². The molecule has 3 N–H and O–H groups in total. The molecule has 1 unspecified atom stereocenters. The summed E-state index contributed by atoms with van der Waals surface area (Å²) in [5, 5.41) is 1.46. The minimum absolute atomic E-state index is 0.0458. The number of nitrogens with two attached hydrogens (primary N) is 1. The summed E-state index contributed by atoms with van der Waals surface area (Å²) in [5.41, 5.74) is -0.369. The first-order valence-electron chi connectivity index (χ1n) is 6.88. The molecule has 0 radical (unpaired) electrons. The smallest absolute Gasteiger partial charge is 0.283 e. The van der Waals surface area contributed by atoms with Crippen LogP contribution in [0.2, 0.25) is 0 Å². The quantitative estimate of drug-likeness (QED) is 0.704. The number of fused-ring (bicyclic) bond motifs is 1. The molecule has 0 amide bonds. The lowest BCUT2D eigenvalue weighted by molar-refractivity contribution is -1.04. The summed E-state index contributed by atoms with van der Waals surface area (Å²) in [5.74, 6) is 0. The molecular weight excluding hydrogens is 267 g/mol. The van der Waals surface area contributed by atoms with Crippen molar-refractivity contribution in [1.29, 1.82) is 0 Å². The van der Waals surface area contributed by atoms with Crippen molar-refractivity contribution in [2.45, 2.75) is 18.3 Å². The van der Waals surface area contributed by atoms with Crippen molar-refractivity contribution < 1.29 is 23.4 Å². The molecule has 108 valence electrons. The number of alkyl halides is 3. The maximum Gasteiger partial charge on any atom is 0.503 e. The Kier molecular flexibility index (Phi) is 3.30. The van der Waals surface area contributed by atoms with Gasteiger partial charge in [-0.1, -0.05) is 30.3 Å². The Labute approximate surface area is 115 Å². The van der Waals surface area contributed by atoms with Crippen molar-refractivity contribution in [3.8, 4) is 0 Å². The van der Waals surface area contributed by atoms with Crippen molar-refractivity contribution in [2.75, 3.05) is 26.2 Å². The Morgan fingerprint density at radius 2 is 1.90 bits per heavy atom. The molecule has 6 heteroatoms. The van der Waals surface area contributed by atoms with Crippen LogP contribution >= 0.6 is 0 Å². The number of quaternary nitrogens is 2. The number of nitrogens with one attached hydrogen (secondary N) is 1. The average molecular weight is 285 g/mol. The second kappa shape index (κ2) is 4.86. The molecule has 3 nitrogen and oxygen atoms in total. The fraction of sp³-hybridized carbons (Fsp3) is 0.500. The van der Waals surface area contributed by atoms with Gasteiger partial charge in [-0.2, -0.15) is 13.2 Å². The SMILES string of the molecule is FC(F)(F)[C@]12CC(c3ccccc3)=NCC[NH+]1CC[NH2+]2. The fourth-order valence-electron chi connectivity index (χ4n) is 3.29. The van der Waals surface area contributed by atoms with Crippen molar-refractivity contribution in [3.05, 3.63) is 35.9 Å². The van der Waals surface area contributed by atoms with E-state index in [0.29, 0.717) is 36.8 Å². The minimum Gasteiger partial charge on any atom is -0.283 e. The third-order valence-corrected chi connectivity index (χ3v) is 4.35. The molecule has 0 spiro atoms. The Hall–Kier alpha value is -1.40. The van der Waals surface area contributed by atoms with E-state index >= 15 is 0 Å². The molecule has 20 heavy (non-hydrogen) atoms. The maximum atomic E-state index is 13.6. The molecule has 0 saturated carbocycles. The van der Waals surface area contributed by atoms with Crippen LogP contribution in [0.1, 0.15) is 12.0 Å². The van der Waals surface area contributed by atoms with Crippen LogP contribution in [0.4, 0.5) is 13.2 Å². The molecule has 0 aromatic heterocycles. The van der Waals surface area contributed by atoms with E-state index in [1.807, 2.05) is 30.3 Å². The van der Waals surface area contributed by atoms with Crippen molar-refractivity contribution in [3.63, 3.8) is 0 Å². The van der Waals surface area contributed by atoms with E-state index in [4.69, 9.17) is 0 Å². The van der Waals surface area contributed by atoms with Crippen LogP contribution in [0.5, 0.6) is 0 Å². The monoisotopic (exact) mass is 285 g/mol. The van der Waals surface area contributed by atoms with Gasteiger partial charge in [-0.25, -0.2) is 0 Å². The molecule has 2 heterocycles. The summed E-state index contributed by atoms with van der Waals surface area (Å²) >= 11 is 0. The van der Waals surface area contributed by atoms with Gasteiger partial charge in [0.2, 0.25) is 0 Å². The second-order valence-electron chi connectivity index (χ2n) is 5.44. The summed E-state index contributed by atoms with van der Waals surface area (Å²) in [6.45, 7) is 1.99. The van der Waals surface area contributed by atoms with Gasteiger partial charge in [0.1, 0.15) is 26.1 Å². The van der Waals surface area contributed by atoms with Crippen LogP contribution in [0, 0.1) is 0 Å². The number of halogens is 3. The Morgan fingerprint density at radius 3 is 2.60 bits per heavy atom. The molecule has 1 saturated heterocycles. The first-order chi connectivity index (χ1) is 9.53. The van der Waals surface area contributed by atoms with Crippen molar-refractivity contribution in [2.24, 2.45) is 4.99 Å². The highest BCUT2D eigenvalue weighted by molar-refractivity contribution is 6.01. The summed E-state index contributed by atoms with van der Waals surface area (Å²) in [6.07, 6.45) is -4.27. The van der Waals surface area contributed by atoms with Crippen LogP contribution in [-0.4, -0.2) is 43.7 Å². The van der Waals surface area contributed by atoms with Gasteiger partial charge in [-0.3, -0.25) is 15.2 Å². The molecule has 2 aliphatic heterocycles. The fourth-order valence-corrected chi connectivity index (χ4v) is 3.29. The third kappa shape index (κ3) is 2.13. The van der Waals surface area contributed by atoms with Gasteiger partial charge in [0, 0.05) is 0 Å². The Morgan fingerprint density at radius 1 is 1.15 bits per heavy atom. The van der Waals surface area contributed by atoms with Gasteiger partial charge >= 0.3 is 11.8 Å². The van der Waals surface area contributed by atoms with Gasteiger partial charge in [-0.05, 0) is 5.56 Å². The molecule has 2 atom stereocenters. The molecule has 2 aliphatic rings. The third-order valence-electron chi connectivity index (χ3n) is 4.35. The molecule has 0 aliphatic carbocycles. The number of benzene rings is 1. The van der Waals surface area contributed by atoms with E-state index in [1.165, 1.54) is 5.32 Å². The largest absolute Gasteiger partial charge is 0.503 e. The van der Waals surface area contributed by atoms with E-state index in [1.54, 1.807) is 0 Å². The molecule has 0 bridgehead atoms. The first kappa shape index (κ1) is 13.6.